The van der Waals surface area contributed by atoms with E-state index in [0.29, 0.717) is 6.54 Å². The van der Waals surface area contributed by atoms with Crippen LogP contribution in [0, 0.1) is 6.92 Å². The van der Waals surface area contributed by atoms with Crippen molar-refractivity contribution in [1.82, 2.24) is 15.6 Å². The van der Waals surface area contributed by atoms with Crippen LogP contribution in [0.4, 0.5) is 5.82 Å². The summed E-state index contributed by atoms with van der Waals surface area (Å²) in [5.74, 6) is 1.81. The van der Waals surface area contributed by atoms with Gasteiger partial charge in [0, 0.05) is 39.4 Å². The summed E-state index contributed by atoms with van der Waals surface area (Å²) in [7, 11) is 1.78. The molecule has 0 spiro atoms. The van der Waals surface area contributed by atoms with Gasteiger partial charge < -0.3 is 15.5 Å². The standard InChI is InChI=1S/C20H29N5.HI/c1-5-25(6-2)19-12-11-18(14-22-19)15-24-20(21-4)23-13-17-9-7-16(3)8-10-17;/h7-12,14H,5-6,13,15H2,1-4H3,(H2,21,23,24);1H. The Bertz CT molecular complexity index is 664. The van der Waals surface area contributed by atoms with E-state index in [4.69, 9.17) is 0 Å². The van der Waals surface area contributed by atoms with Crippen LogP contribution >= 0.6 is 24.0 Å². The third-order valence-electron chi connectivity index (χ3n) is 4.16. The largest absolute Gasteiger partial charge is 0.357 e. The maximum atomic E-state index is 4.55. The molecule has 26 heavy (non-hydrogen) atoms. The van der Waals surface area contributed by atoms with E-state index >= 15 is 0 Å². The van der Waals surface area contributed by atoms with Crippen molar-refractivity contribution in [1.29, 1.82) is 0 Å². The van der Waals surface area contributed by atoms with Crippen LogP contribution in [-0.4, -0.2) is 31.1 Å². The first-order valence-corrected chi connectivity index (χ1v) is 8.86. The van der Waals surface area contributed by atoms with Gasteiger partial charge in [0.25, 0.3) is 0 Å². The Morgan fingerprint density at radius 2 is 1.54 bits per heavy atom. The highest BCUT2D eigenvalue weighted by Gasteiger charge is 2.04. The number of benzene rings is 1. The monoisotopic (exact) mass is 467 g/mol. The van der Waals surface area contributed by atoms with Crippen LogP contribution in [0.25, 0.3) is 0 Å². The quantitative estimate of drug-likeness (QED) is 0.370. The fraction of sp³-hybridized carbons (Fsp3) is 0.400. The van der Waals surface area contributed by atoms with Crippen molar-refractivity contribution in [3.8, 4) is 0 Å². The Hall–Kier alpha value is -1.83. The van der Waals surface area contributed by atoms with Gasteiger partial charge in [-0.15, -0.1) is 24.0 Å². The Labute approximate surface area is 174 Å². The minimum Gasteiger partial charge on any atom is -0.357 e. The number of aryl methyl sites for hydroxylation is 1. The van der Waals surface area contributed by atoms with Gasteiger partial charge in [-0.05, 0) is 38.0 Å². The molecule has 0 amide bonds. The van der Waals surface area contributed by atoms with Gasteiger partial charge in [0.2, 0.25) is 0 Å². The fourth-order valence-electron chi connectivity index (χ4n) is 2.55. The van der Waals surface area contributed by atoms with Crippen molar-refractivity contribution in [2.24, 2.45) is 4.99 Å². The highest BCUT2D eigenvalue weighted by atomic mass is 127. The third kappa shape index (κ3) is 6.82. The van der Waals surface area contributed by atoms with E-state index in [1.54, 1.807) is 7.05 Å². The van der Waals surface area contributed by atoms with Crippen LogP contribution in [0.1, 0.15) is 30.5 Å². The molecule has 142 valence electrons. The van der Waals surface area contributed by atoms with Gasteiger partial charge in [0.05, 0.1) is 0 Å². The lowest BCUT2D eigenvalue weighted by Crippen LogP contribution is -2.36. The first-order valence-electron chi connectivity index (χ1n) is 8.86. The van der Waals surface area contributed by atoms with E-state index in [-0.39, 0.29) is 24.0 Å². The van der Waals surface area contributed by atoms with Gasteiger partial charge in [-0.3, -0.25) is 4.99 Å². The van der Waals surface area contributed by atoms with E-state index in [0.717, 1.165) is 37.0 Å². The SMILES string of the molecule is CCN(CC)c1ccc(CNC(=NC)NCc2ccc(C)cc2)cn1.I. The summed E-state index contributed by atoms with van der Waals surface area (Å²) in [6, 6.07) is 12.7. The molecule has 0 bridgehead atoms. The maximum absolute atomic E-state index is 4.55. The van der Waals surface area contributed by atoms with E-state index in [9.17, 15) is 0 Å². The molecule has 0 unspecified atom stereocenters. The molecule has 1 aromatic carbocycles. The Morgan fingerprint density at radius 1 is 0.962 bits per heavy atom. The van der Waals surface area contributed by atoms with Crippen LogP contribution in [0.3, 0.4) is 0 Å². The van der Waals surface area contributed by atoms with Crippen LogP contribution in [0.15, 0.2) is 47.6 Å². The highest BCUT2D eigenvalue weighted by Crippen LogP contribution is 2.10. The first kappa shape index (κ1) is 22.2. The van der Waals surface area contributed by atoms with Crippen molar-refractivity contribution in [3.05, 3.63) is 59.3 Å². The summed E-state index contributed by atoms with van der Waals surface area (Å²) >= 11 is 0. The molecule has 0 saturated heterocycles. The summed E-state index contributed by atoms with van der Waals surface area (Å²) in [6.07, 6.45) is 1.92. The molecule has 0 fully saturated rings. The van der Waals surface area contributed by atoms with E-state index in [2.05, 4.69) is 82.7 Å². The second-order valence-electron chi connectivity index (χ2n) is 5.96. The molecule has 0 aliphatic heterocycles. The molecule has 0 radical (unpaired) electrons. The van der Waals surface area contributed by atoms with Crippen molar-refractivity contribution in [2.75, 3.05) is 25.0 Å². The molecule has 1 aromatic heterocycles. The zero-order chi connectivity index (χ0) is 18.1. The number of guanidine groups is 1. The summed E-state index contributed by atoms with van der Waals surface area (Å²) in [5.41, 5.74) is 3.64. The number of halogens is 1. The lowest BCUT2D eigenvalue weighted by atomic mass is 10.1. The van der Waals surface area contributed by atoms with Crippen LogP contribution in [0.2, 0.25) is 0 Å². The van der Waals surface area contributed by atoms with Gasteiger partial charge in [-0.25, -0.2) is 4.98 Å². The molecule has 0 aliphatic rings. The number of rotatable bonds is 7. The van der Waals surface area contributed by atoms with Crippen molar-refractivity contribution < 1.29 is 0 Å². The first-order chi connectivity index (χ1) is 12.2. The number of anilines is 1. The van der Waals surface area contributed by atoms with Gasteiger partial charge in [-0.1, -0.05) is 35.9 Å². The van der Waals surface area contributed by atoms with E-state index in [1.165, 1.54) is 11.1 Å². The van der Waals surface area contributed by atoms with Crippen LogP contribution < -0.4 is 15.5 Å². The molecule has 6 heteroatoms. The van der Waals surface area contributed by atoms with Crippen LogP contribution in [-0.2, 0) is 13.1 Å². The second-order valence-corrected chi connectivity index (χ2v) is 5.96. The molecule has 2 N–H and O–H groups in total. The van der Waals surface area contributed by atoms with E-state index in [1.807, 2.05) is 6.20 Å². The zero-order valence-electron chi connectivity index (χ0n) is 16.1. The van der Waals surface area contributed by atoms with Crippen molar-refractivity contribution in [3.63, 3.8) is 0 Å². The molecule has 1 heterocycles. The summed E-state index contributed by atoms with van der Waals surface area (Å²) < 4.78 is 0. The van der Waals surface area contributed by atoms with E-state index < -0.39 is 0 Å². The van der Waals surface area contributed by atoms with Gasteiger partial charge in [-0.2, -0.15) is 0 Å². The molecule has 5 nitrogen and oxygen atoms in total. The minimum atomic E-state index is 0. The lowest BCUT2D eigenvalue weighted by molar-refractivity contribution is 0.803. The normalized spacial score (nSPS) is 10.8. The number of aromatic nitrogens is 1. The molecule has 2 rings (SSSR count). The molecule has 0 atom stereocenters. The number of hydrogen-bond donors (Lipinski definition) is 2. The number of aliphatic imine (C=N–C) groups is 1. The highest BCUT2D eigenvalue weighted by molar-refractivity contribution is 14.0. The van der Waals surface area contributed by atoms with Crippen LogP contribution in [0.5, 0.6) is 0 Å². The third-order valence-corrected chi connectivity index (χ3v) is 4.16. The Balaban J connectivity index is 0.00000338. The zero-order valence-corrected chi connectivity index (χ0v) is 18.5. The number of hydrogen-bond acceptors (Lipinski definition) is 3. The smallest absolute Gasteiger partial charge is 0.191 e. The van der Waals surface area contributed by atoms with Gasteiger partial charge >= 0.3 is 0 Å². The van der Waals surface area contributed by atoms with Crippen molar-refractivity contribution in [2.45, 2.75) is 33.9 Å². The molecule has 0 saturated carbocycles. The Morgan fingerprint density at radius 3 is 2.04 bits per heavy atom. The molecular formula is C20H30IN5. The molecular weight excluding hydrogens is 437 g/mol. The second kappa shape index (κ2) is 11.7. The molecule has 0 aliphatic carbocycles. The average Bonchev–Trinajstić information content (AvgIpc) is 2.65. The summed E-state index contributed by atoms with van der Waals surface area (Å²) in [4.78, 5) is 11.1. The maximum Gasteiger partial charge on any atom is 0.191 e. The fourth-order valence-corrected chi connectivity index (χ4v) is 2.55. The summed E-state index contributed by atoms with van der Waals surface area (Å²) in [5, 5.41) is 6.66. The minimum absolute atomic E-state index is 0. The van der Waals surface area contributed by atoms with Gasteiger partial charge in [0.15, 0.2) is 5.96 Å². The predicted octanol–water partition coefficient (Wildman–Crippen LogP) is 3.72. The number of pyridine rings is 1. The average molecular weight is 467 g/mol. The molecule has 2 aromatic rings. The predicted molar refractivity (Wildman–Crippen MR) is 121 cm³/mol. The van der Waals surface area contributed by atoms with Crippen molar-refractivity contribution >= 4 is 35.8 Å². The number of nitrogens with zero attached hydrogens (tertiary/aromatic N) is 3. The Kier molecular flexibility index (Phi) is 10.0. The summed E-state index contributed by atoms with van der Waals surface area (Å²) in [6.45, 7) is 9.76. The lowest BCUT2D eigenvalue weighted by Gasteiger charge is -2.19. The number of nitrogens with one attached hydrogen (secondary N) is 2. The van der Waals surface area contributed by atoms with Gasteiger partial charge in [0.1, 0.15) is 5.82 Å². The topological polar surface area (TPSA) is 52.5 Å².